The van der Waals surface area contributed by atoms with Crippen molar-refractivity contribution >= 4 is 12.4 Å². The molecule has 0 bridgehead atoms. The number of nitrogens with one attached hydrogen (secondary N) is 1. The summed E-state index contributed by atoms with van der Waals surface area (Å²) >= 11 is 0. The van der Waals surface area contributed by atoms with E-state index in [1.54, 1.807) is 7.11 Å². The summed E-state index contributed by atoms with van der Waals surface area (Å²) < 4.78 is 5.29. The van der Waals surface area contributed by atoms with E-state index < -0.39 is 0 Å². The van der Waals surface area contributed by atoms with Crippen LogP contribution in [0.4, 0.5) is 0 Å². The molecule has 3 nitrogen and oxygen atoms in total. The van der Waals surface area contributed by atoms with Gasteiger partial charge in [0, 0.05) is 19.1 Å². The Morgan fingerprint density at radius 1 is 1.42 bits per heavy atom. The highest BCUT2D eigenvalue weighted by atomic mass is 35.5. The van der Waals surface area contributed by atoms with Crippen molar-refractivity contribution in [2.45, 2.75) is 32.4 Å². The molecular weight excluding hydrogens is 260 g/mol. The quantitative estimate of drug-likeness (QED) is 0.869. The Hall–Kier alpha value is -0.770. The second-order valence-electron chi connectivity index (χ2n) is 4.97. The van der Waals surface area contributed by atoms with E-state index in [2.05, 4.69) is 35.3 Å². The van der Waals surface area contributed by atoms with E-state index in [0.29, 0.717) is 6.04 Å². The first-order valence-corrected chi connectivity index (χ1v) is 6.91. The van der Waals surface area contributed by atoms with Gasteiger partial charge in [0.2, 0.25) is 0 Å². The minimum absolute atomic E-state index is 0. The molecule has 0 amide bonds. The van der Waals surface area contributed by atoms with Crippen molar-refractivity contribution < 1.29 is 4.74 Å². The van der Waals surface area contributed by atoms with Crippen LogP contribution in [0.3, 0.4) is 0 Å². The molecule has 0 saturated carbocycles. The van der Waals surface area contributed by atoms with Gasteiger partial charge in [0.1, 0.15) is 5.75 Å². The minimum atomic E-state index is 0. The van der Waals surface area contributed by atoms with Gasteiger partial charge in [0.15, 0.2) is 0 Å². The van der Waals surface area contributed by atoms with Gasteiger partial charge in [-0.2, -0.15) is 0 Å². The van der Waals surface area contributed by atoms with Gasteiger partial charge in [-0.05, 0) is 43.6 Å². The molecule has 1 fully saturated rings. The second kappa shape index (κ2) is 8.41. The third-order valence-corrected chi connectivity index (χ3v) is 3.58. The maximum Gasteiger partial charge on any atom is 0.119 e. The first kappa shape index (κ1) is 16.3. The van der Waals surface area contributed by atoms with E-state index in [-0.39, 0.29) is 12.4 Å². The number of halogens is 1. The zero-order chi connectivity index (χ0) is 12.8. The first-order valence-electron chi connectivity index (χ1n) is 6.91. The lowest BCUT2D eigenvalue weighted by atomic mass is 10.1. The molecule has 0 aliphatic carbocycles. The largest absolute Gasteiger partial charge is 0.497 e. The zero-order valence-corrected chi connectivity index (χ0v) is 12.7. The third-order valence-electron chi connectivity index (χ3n) is 3.58. The predicted octanol–water partition coefficient (Wildman–Crippen LogP) is 2.69. The number of methoxy groups -OCH3 is 1. The second-order valence-corrected chi connectivity index (χ2v) is 4.97. The minimum Gasteiger partial charge on any atom is -0.497 e. The Morgan fingerprint density at radius 2 is 2.26 bits per heavy atom. The number of nitrogens with zero attached hydrogens (tertiary/aromatic N) is 1. The Kier molecular flexibility index (Phi) is 7.21. The monoisotopic (exact) mass is 284 g/mol. The average molecular weight is 285 g/mol. The molecule has 1 N–H and O–H groups in total. The predicted molar refractivity (Wildman–Crippen MR) is 82.2 cm³/mol. The summed E-state index contributed by atoms with van der Waals surface area (Å²) in [7, 11) is 1.73. The number of benzene rings is 1. The summed E-state index contributed by atoms with van der Waals surface area (Å²) in [5.41, 5.74) is 1.34. The molecule has 2 rings (SSSR count). The lowest BCUT2D eigenvalue weighted by Crippen LogP contribution is -2.36. The molecule has 1 saturated heterocycles. The summed E-state index contributed by atoms with van der Waals surface area (Å²) in [5, 5.41) is 3.45. The van der Waals surface area contributed by atoms with Gasteiger partial charge in [-0.15, -0.1) is 12.4 Å². The lowest BCUT2D eigenvalue weighted by Gasteiger charge is -2.28. The fourth-order valence-electron chi connectivity index (χ4n) is 2.63. The van der Waals surface area contributed by atoms with Crippen LogP contribution in [0.5, 0.6) is 5.75 Å². The van der Waals surface area contributed by atoms with Gasteiger partial charge in [0.05, 0.1) is 7.11 Å². The van der Waals surface area contributed by atoms with Crippen molar-refractivity contribution in [3.05, 3.63) is 29.8 Å². The molecule has 1 aliphatic rings. The highest BCUT2D eigenvalue weighted by Crippen LogP contribution is 2.17. The van der Waals surface area contributed by atoms with Crippen molar-refractivity contribution in [1.29, 1.82) is 0 Å². The molecule has 1 aromatic rings. The van der Waals surface area contributed by atoms with Crippen molar-refractivity contribution in [1.82, 2.24) is 10.2 Å². The summed E-state index contributed by atoms with van der Waals surface area (Å²) in [6.45, 7) is 6.73. The highest BCUT2D eigenvalue weighted by molar-refractivity contribution is 5.85. The summed E-state index contributed by atoms with van der Waals surface area (Å²) in [6, 6.07) is 9.10. The molecule has 1 aliphatic heterocycles. The van der Waals surface area contributed by atoms with E-state index in [1.165, 1.54) is 24.9 Å². The number of hydrogen-bond acceptors (Lipinski definition) is 3. The van der Waals surface area contributed by atoms with Crippen LogP contribution in [-0.4, -0.2) is 37.7 Å². The van der Waals surface area contributed by atoms with Crippen LogP contribution in [-0.2, 0) is 6.54 Å². The van der Waals surface area contributed by atoms with Crippen LogP contribution in [0.1, 0.15) is 25.3 Å². The fraction of sp³-hybridized carbons (Fsp3) is 0.600. The number of rotatable bonds is 6. The van der Waals surface area contributed by atoms with Crippen LogP contribution >= 0.6 is 12.4 Å². The van der Waals surface area contributed by atoms with Gasteiger partial charge in [0.25, 0.3) is 0 Å². The fourth-order valence-corrected chi connectivity index (χ4v) is 2.63. The van der Waals surface area contributed by atoms with Crippen LogP contribution in [0.25, 0.3) is 0 Å². The third kappa shape index (κ3) is 4.68. The normalized spacial score (nSPS) is 18.4. The zero-order valence-electron chi connectivity index (χ0n) is 11.9. The van der Waals surface area contributed by atoms with Gasteiger partial charge >= 0.3 is 0 Å². The maximum atomic E-state index is 5.29. The lowest BCUT2D eigenvalue weighted by molar-refractivity contribution is 0.199. The Balaban J connectivity index is 0.00000180. The van der Waals surface area contributed by atoms with Crippen molar-refractivity contribution in [3.8, 4) is 5.75 Å². The number of ether oxygens (including phenoxy) is 1. The highest BCUT2D eigenvalue weighted by Gasteiger charge is 2.21. The van der Waals surface area contributed by atoms with Gasteiger partial charge in [-0.3, -0.25) is 4.90 Å². The first-order chi connectivity index (χ1) is 8.83. The van der Waals surface area contributed by atoms with Crippen LogP contribution in [0.15, 0.2) is 24.3 Å². The molecule has 1 heterocycles. The molecule has 1 aromatic carbocycles. The van der Waals surface area contributed by atoms with Crippen molar-refractivity contribution in [3.63, 3.8) is 0 Å². The van der Waals surface area contributed by atoms with Crippen LogP contribution < -0.4 is 10.1 Å². The van der Waals surface area contributed by atoms with E-state index in [9.17, 15) is 0 Å². The number of hydrogen-bond donors (Lipinski definition) is 1. The summed E-state index contributed by atoms with van der Waals surface area (Å²) in [4.78, 5) is 2.59. The standard InChI is InChI=1S/C15H24N2O.ClH/c1-3-9-17(14-7-8-16-11-14)12-13-5-4-6-15(10-13)18-2;/h4-6,10,14,16H,3,7-9,11-12H2,1-2H3;1H. The molecule has 0 radical (unpaired) electrons. The van der Waals surface area contributed by atoms with Gasteiger partial charge in [-0.1, -0.05) is 19.1 Å². The van der Waals surface area contributed by atoms with E-state index >= 15 is 0 Å². The molecule has 1 atom stereocenters. The van der Waals surface area contributed by atoms with Crippen LogP contribution in [0.2, 0.25) is 0 Å². The van der Waals surface area contributed by atoms with Gasteiger partial charge in [-0.25, -0.2) is 0 Å². The van der Waals surface area contributed by atoms with E-state index in [1.807, 2.05) is 6.07 Å². The maximum absolute atomic E-state index is 5.29. The Bertz CT molecular complexity index is 367. The molecule has 0 spiro atoms. The SMILES string of the molecule is CCCN(Cc1cccc(OC)c1)C1CCNC1.Cl. The molecule has 1 unspecified atom stereocenters. The van der Waals surface area contributed by atoms with Crippen LogP contribution in [0, 0.1) is 0 Å². The van der Waals surface area contributed by atoms with E-state index in [4.69, 9.17) is 4.74 Å². The van der Waals surface area contributed by atoms with Crippen molar-refractivity contribution in [2.75, 3.05) is 26.7 Å². The Labute approximate surface area is 122 Å². The smallest absolute Gasteiger partial charge is 0.119 e. The molecular formula is C15H25ClN2O. The summed E-state index contributed by atoms with van der Waals surface area (Å²) in [5.74, 6) is 0.952. The average Bonchev–Trinajstić information content (AvgIpc) is 2.92. The van der Waals surface area contributed by atoms with Crippen molar-refractivity contribution in [2.24, 2.45) is 0 Å². The molecule has 19 heavy (non-hydrogen) atoms. The molecule has 0 aromatic heterocycles. The van der Waals surface area contributed by atoms with E-state index in [0.717, 1.165) is 25.4 Å². The molecule has 108 valence electrons. The summed E-state index contributed by atoms with van der Waals surface area (Å²) in [6.07, 6.45) is 2.48. The van der Waals surface area contributed by atoms with Gasteiger partial charge < -0.3 is 10.1 Å². The Morgan fingerprint density at radius 3 is 2.89 bits per heavy atom. The topological polar surface area (TPSA) is 24.5 Å². The molecule has 4 heteroatoms.